The lowest BCUT2D eigenvalue weighted by atomic mass is 10.4. The average Bonchev–Trinajstić information content (AvgIpc) is 2.31. The van der Waals surface area contributed by atoms with Crippen molar-refractivity contribution in [3.63, 3.8) is 0 Å². The maximum Gasteiger partial charge on any atom is 0.237 e. The summed E-state index contributed by atoms with van der Waals surface area (Å²) in [6.45, 7) is 2.02. The lowest BCUT2D eigenvalue weighted by molar-refractivity contribution is 0.196. The highest BCUT2D eigenvalue weighted by atomic mass is 16.5. The molecule has 11 heavy (non-hydrogen) atoms. The number of aromatic nitrogens is 2. The summed E-state index contributed by atoms with van der Waals surface area (Å²) in [5.74, 6) is 0.953. The van der Waals surface area contributed by atoms with E-state index in [9.17, 15) is 0 Å². The minimum Gasteiger partial charge on any atom is -0.474 e. The van der Waals surface area contributed by atoms with Crippen LogP contribution in [0.15, 0.2) is 0 Å². The van der Waals surface area contributed by atoms with Crippen LogP contribution in [0.2, 0.25) is 0 Å². The van der Waals surface area contributed by atoms with E-state index in [2.05, 4.69) is 10.2 Å². The van der Waals surface area contributed by atoms with Gasteiger partial charge in [0.05, 0.1) is 12.2 Å². The van der Waals surface area contributed by atoms with E-state index in [1.807, 2.05) is 0 Å². The molecule has 0 spiro atoms. The predicted molar refractivity (Wildman–Crippen MR) is 40.3 cm³/mol. The summed E-state index contributed by atoms with van der Waals surface area (Å²) in [7, 11) is 0. The molecule has 0 saturated carbocycles. The number of rotatable bonds is 3. The quantitative estimate of drug-likeness (QED) is 0.561. The molecule has 0 aliphatic heterocycles. The van der Waals surface area contributed by atoms with Gasteiger partial charge in [0.2, 0.25) is 5.88 Å². The number of nitrogens with zero attached hydrogens (tertiary/aromatic N) is 1. The third-order valence-electron chi connectivity index (χ3n) is 1.33. The van der Waals surface area contributed by atoms with Crippen molar-refractivity contribution in [1.82, 2.24) is 10.2 Å². The van der Waals surface area contributed by atoms with Gasteiger partial charge in [-0.05, 0) is 6.92 Å². The van der Waals surface area contributed by atoms with E-state index in [0.717, 1.165) is 5.56 Å². The first kappa shape index (κ1) is 7.87. The van der Waals surface area contributed by atoms with Crippen molar-refractivity contribution in [2.24, 2.45) is 0 Å². The van der Waals surface area contributed by atoms with Gasteiger partial charge in [-0.25, -0.2) is 0 Å². The van der Waals surface area contributed by atoms with Gasteiger partial charge in [0.1, 0.15) is 12.4 Å². The van der Waals surface area contributed by atoms with E-state index < -0.39 is 0 Å². The van der Waals surface area contributed by atoms with Gasteiger partial charge in [0.25, 0.3) is 0 Å². The van der Waals surface area contributed by atoms with Crippen molar-refractivity contribution in [2.45, 2.75) is 6.92 Å². The zero-order valence-corrected chi connectivity index (χ0v) is 6.29. The normalized spacial score (nSPS) is 10.0. The molecule has 1 rings (SSSR count). The monoisotopic (exact) mass is 157 g/mol. The molecule has 0 radical (unpaired) electrons. The van der Waals surface area contributed by atoms with E-state index in [4.69, 9.17) is 15.6 Å². The van der Waals surface area contributed by atoms with Crippen molar-refractivity contribution < 1.29 is 9.84 Å². The summed E-state index contributed by atoms with van der Waals surface area (Å²) < 4.78 is 5.03. The topological polar surface area (TPSA) is 84.2 Å². The Bertz CT molecular complexity index is 234. The average molecular weight is 157 g/mol. The molecule has 1 aromatic heterocycles. The summed E-state index contributed by atoms with van der Waals surface area (Å²) in [5, 5.41) is 14.8. The molecule has 4 N–H and O–H groups in total. The van der Waals surface area contributed by atoms with Crippen LogP contribution in [0.4, 0.5) is 5.82 Å². The Morgan fingerprint density at radius 2 is 2.45 bits per heavy atom. The molecule has 0 bridgehead atoms. The molecule has 0 atom stereocenters. The van der Waals surface area contributed by atoms with Crippen LogP contribution in [0, 0.1) is 6.92 Å². The van der Waals surface area contributed by atoms with Gasteiger partial charge in [-0.2, -0.15) is 0 Å². The number of H-pyrrole nitrogens is 1. The SMILES string of the molecule is Cc1c(OCCO)n[nH]c1N. The molecule has 0 aliphatic rings. The molecule has 62 valence electrons. The van der Waals surface area contributed by atoms with Gasteiger partial charge in [-0.1, -0.05) is 0 Å². The lowest BCUT2D eigenvalue weighted by Crippen LogP contribution is -2.02. The highest BCUT2D eigenvalue weighted by Crippen LogP contribution is 2.18. The maximum atomic E-state index is 8.43. The second kappa shape index (κ2) is 3.25. The number of anilines is 1. The third kappa shape index (κ3) is 1.62. The van der Waals surface area contributed by atoms with Crippen LogP contribution in [-0.2, 0) is 0 Å². The van der Waals surface area contributed by atoms with E-state index in [1.165, 1.54) is 0 Å². The fourth-order valence-electron chi connectivity index (χ4n) is 0.677. The number of aromatic amines is 1. The zero-order valence-electron chi connectivity index (χ0n) is 6.29. The second-order valence-electron chi connectivity index (χ2n) is 2.14. The smallest absolute Gasteiger partial charge is 0.237 e. The summed E-state index contributed by atoms with van der Waals surface area (Å²) in [6.07, 6.45) is 0. The number of aliphatic hydroxyl groups is 1. The first-order valence-corrected chi connectivity index (χ1v) is 3.29. The first-order chi connectivity index (χ1) is 5.25. The summed E-state index contributed by atoms with van der Waals surface area (Å²) in [5.41, 5.74) is 6.23. The molecule has 0 fully saturated rings. The molecule has 1 heterocycles. The Morgan fingerprint density at radius 3 is 2.91 bits per heavy atom. The fraction of sp³-hybridized carbons (Fsp3) is 0.500. The Labute approximate surface area is 64.2 Å². The second-order valence-corrected chi connectivity index (χ2v) is 2.14. The lowest BCUT2D eigenvalue weighted by Gasteiger charge is -1.99. The number of ether oxygens (including phenoxy) is 1. The van der Waals surface area contributed by atoms with Crippen molar-refractivity contribution in [3.05, 3.63) is 5.56 Å². The van der Waals surface area contributed by atoms with E-state index in [1.54, 1.807) is 6.92 Å². The van der Waals surface area contributed by atoms with Gasteiger partial charge in [0, 0.05) is 0 Å². The van der Waals surface area contributed by atoms with Gasteiger partial charge < -0.3 is 15.6 Å². The van der Waals surface area contributed by atoms with Crippen LogP contribution in [-0.4, -0.2) is 28.5 Å². The highest BCUT2D eigenvalue weighted by Gasteiger charge is 2.05. The van der Waals surface area contributed by atoms with E-state index in [-0.39, 0.29) is 13.2 Å². The number of hydrogen-bond acceptors (Lipinski definition) is 4. The van der Waals surface area contributed by atoms with Crippen LogP contribution in [0.25, 0.3) is 0 Å². The van der Waals surface area contributed by atoms with Crippen LogP contribution in [0.5, 0.6) is 5.88 Å². The van der Waals surface area contributed by atoms with Crippen LogP contribution >= 0.6 is 0 Å². The molecule has 0 saturated heterocycles. The van der Waals surface area contributed by atoms with Gasteiger partial charge in [-0.15, -0.1) is 5.10 Å². The number of nitrogen functional groups attached to an aromatic ring is 1. The third-order valence-corrected chi connectivity index (χ3v) is 1.33. The van der Waals surface area contributed by atoms with E-state index >= 15 is 0 Å². The first-order valence-electron chi connectivity index (χ1n) is 3.29. The number of nitrogens with two attached hydrogens (primary N) is 1. The van der Waals surface area contributed by atoms with Crippen LogP contribution in [0.1, 0.15) is 5.56 Å². The molecule has 0 unspecified atom stereocenters. The van der Waals surface area contributed by atoms with Crippen molar-refractivity contribution in [2.75, 3.05) is 18.9 Å². The Kier molecular flexibility index (Phi) is 2.32. The summed E-state index contributed by atoms with van der Waals surface area (Å²) in [4.78, 5) is 0. The largest absolute Gasteiger partial charge is 0.474 e. The molecule has 5 heteroatoms. The van der Waals surface area contributed by atoms with E-state index in [0.29, 0.717) is 11.7 Å². The van der Waals surface area contributed by atoms with Crippen LogP contribution < -0.4 is 10.5 Å². The Hall–Kier alpha value is -1.23. The summed E-state index contributed by atoms with van der Waals surface area (Å²) >= 11 is 0. The van der Waals surface area contributed by atoms with Crippen molar-refractivity contribution >= 4 is 5.82 Å². The fourth-order valence-corrected chi connectivity index (χ4v) is 0.677. The molecule has 5 nitrogen and oxygen atoms in total. The minimum absolute atomic E-state index is 0.0216. The Balaban J connectivity index is 2.63. The summed E-state index contributed by atoms with van der Waals surface area (Å²) in [6, 6.07) is 0. The number of aliphatic hydroxyl groups excluding tert-OH is 1. The molecular weight excluding hydrogens is 146 g/mol. The molecular formula is C6H11N3O2. The predicted octanol–water partition coefficient (Wildman–Crippen LogP) is -0.329. The zero-order chi connectivity index (χ0) is 8.27. The van der Waals surface area contributed by atoms with Gasteiger partial charge in [-0.3, -0.25) is 5.10 Å². The Morgan fingerprint density at radius 1 is 1.73 bits per heavy atom. The molecule has 1 aromatic rings. The standard InChI is InChI=1S/C6H11N3O2/c1-4-5(7)8-9-6(4)11-3-2-10/h10H,2-3H2,1H3,(H3,7,8,9). The molecule has 0 amide bonds. The van der Waals surface area contributed by atoms with Crippen LogP contribution in [0.3, 0.4) is 0 Å². The highest BCUT2D eigenvalue weighted by molar-refractivity contribution is 5.43. The van der Waals surface area contributed by atoms with Crippen molar-refractivity contribution in [3.8, 4) is 5.88 Å². The van der Waals surface area contributed by atoms with Gasteiger partial charge in [0.15, 0.2) is 0 Å². The van der Waals surface area contributed by atoms with Crippen molar-refractivity contribution in [1.29, 1.82) is 0 Å². The molecule has 0 aliphatic carbocycles. The number of nitrogens with one attached hydrogen (secondary N) is 1. The molecule has 0 aromatic carbocycles. The van der Waals surface area contributed by atoms with Gasteiger partial charge >= 0.3 is 0 Å². The minimum atomic E-state index is -0.0216. The number of hydrogen-bond donors (Lipinski definition) is 3. The maximum absolute atomic E-state index is 8.43.